The van der Waals surface area contributed by atoms with Crippen molar-refractivity contribution in [2.24, 2.45) is 4.99 Å². The summed E-state index contributed by atoms with van der Waals surface area (Å²) in [5, 5.41) is 12.4. The standard InChI is InChI=1S/C30H30ClN5O7/c1-30(2,3)43-22-12-18(21(37)13-25(39)40)6-9-20(22)28-34-26(17-4-7-19(31)8-5-17)27(23-14-32-16-42-23)36(28)29(41)35-11-10-33-24(38)15-35/h4-9,12,14,16,26-27H,10-11,13,15H2,1-3H3,(H,33,38)(H,39,40). The van der Waals surface area contributed by atoms with Crippen LogP contribution in [0, 0.1) is 0 Å². The molecular weight excluding hydrogens is 578 g/mol. The molecule has 43 heavy (non-hydrogen) atoms. The van der Waals surface area contributed by atoms with Gasteiger partial charge in [0.25, 0.3) is 0 Å². The van der Waals surface area contributed by atoms with Crippen molar-refractivity contribution < 1.29 is 33.4 Å². The predicted octanol–water partition coefficient (Wildman–Crippen LogP) is 4.26. The molecule has 0 spiro atoms. The Labute approximate surface area is 252 Å². The van der Waals surface area contributed by atoms with Gasteiger partial charge in [-0.05, 0) is 50.6 Å². The van der Waals surface area contributed by atoms with E-state index in [0.29, 0.717) is 16.3 Å². The number of carbonyl (C=O) groups excluding carboxylic acids is 3. The number of amidine groups is 1. The van der Waals surface area contributed by atoms with Gasteiger partial charge in [-0.2, -0.15) is 0 Å². The number of ketones is 1. The Balaban J connectivity index is 1.69. The molecule has 0 saturated carbocycles. The number of amides is 3. The highest BCUT2D eigenvalue weighted by Gasteiger charge is 2.47. The van der Waals surface area contributed by atoms with E-state index in [1.54, 1.807) is 30.3 Å². The van der Waals surface area contributed by atoms with Crippen LogP contribution in [-0.4, -0.2) is 74.7 Å². The predicted molar refractivity (Wildman–Crippen MR) is 155 cm³/mol. The summed E-state index contributed by atoms with van der Waals surface area (Å²) in [5.74, 6) is -1.34. The van der Waals surface area contributed by atoms with Gasteiger partial charge in [-0.25, -0.2) is 9.78 Å². The second kappa shape index (κ2) is 11.9. The molecular formula is C30H30ClN5O7. The van der Waals surface area contributed by atoms with E-state index in [-0.39, 0.29) is 42.7 Å². The number of halogens is 1. The summed E-state index contributed by atoms with van der Waals surface area (Å²) in [6, 6.07) is 9.63. The summed E-state index contributed by atoms with van der Waals surface area (Å²) in [6.45, 7) is 5.88. The SMILES string of the molecule is CC(C)(C)Oc1cc(C(=O)CC(=O)O)ccc1C1=NC(c2ccc(Cl)cc2)C(c2cnco2)N1C(=O)N1CCNC(=O)C1. The first kappa shape index (κ1) is 29.8. The minimum atomic E-state index is -1.25. The number of hydrogen-bond acceptors (Lipinski definition) is 8. The van der Waals surface area contributed by atoms with Gasteiger partial charge in [0.05, 0.1) is 11.8 Å². The number of carbonyl (C=O) groups is 4. The molecule has 3 amide bonds. The van der Waals surface area contributed by atoms with Crippen molar-refractivity contribution in [1.29, 1.82) is 0 Å². The summed E-state index contributed by atoms with van der Waals surface area (Å²) < 4.78 is 12.0. The number of Topliss-reactive ketones (excluding diaryl/α,β-unsaturated/α-hetero) is 1. The molecule has 3 heterocycles. The number of carboxylic acid groups (broad SMARTS) is 1. The first-order chi connectivity index (χ1) is 20.4. The normalized spacial score (nSPS) is 18.7. The van der Waals surface area contributed by atoms with Gasteiger partial charge in [0.2, 0.25) is 5.91 Å². The zero-order chi connectivity index (χ0) is 30.9. The molecule has 1 saturated heterocycles. The van der Waals surface area contributed by atoms with E-state index in [0.717, 1.165) is 5.56 Å². The van der Waals surface area contributed by atoms with Crippen LogP contribution in [0.5, 0.6) is 5.75 Å². The molecule has 2 N–H and O–H groups in total. The van der Waals surface area contributed by atoms with Gasteiger partial charge in [-0.3, -0.25) is 24.3 Å². The maximum Gasteiger partial charge on any atom is 0.326 e. The number of aliphatic carboxylic acids is 1. The van der Waals surface area contributed by atoms with Gasteiger partial charge in [0, 0.05) is 23.7 Å². The largest absolute Gasteiger partial charge is 0.487 e. The van der Waals surface area contributed by atoms with Crippen LogP contribution in [-0.2, 0) is 9.59 Å². The molecule has 0 radical (unpaired) electrons. The van der Waals surface area contributed by atoms with Crippen molar-refractivity contribution in [1.82, 2.24) is 20.1 Å². The van der Waals surface area contributed by atoms with Gasteiger partial charge in [-0.1, -0.05) is 29.8 Å². The van der Waals surface area contributed by atoms with Gasteiger partial charge in [-0.15, -0.1) is 0 Å². The average molecular weight is 608 g/mol. The van der Waals surface area contributed by atoms with E-state index >= 15 is 0 Å². The molecule has 13 heteroatoms. The van der Waals surface area contributed by atoms with Crippen LogP contribution in [0.2, 0.25) is 5.02 Å². The highest BCUT2D eigenvalue weighted by atomic mass is 35.5. The van der Waals surface area contributed by atoms with Gasteiger partial charge in [0.15, 0.2) is 12.2 Å². The number of hydrogen-bond donors (Lipinski definition) is 2. The van der Waals surface area contributed by atoms with Gasteiger partial charge < -0.3 is 24.5 Å². The van der Waals surface area contributed by atoms with Crippen molar-refractivity contribution in [3.05, 3.63) is 82.5 Å². The topological polar surface area (TPSA) is 155 Å². The van der Waals surface area contributed by atoms with Gasteiger partial charge in [0.1, 0.15) is 48.0 Å². The van der Waals surface area contributed by atoms with Crippen LogP contribution in [0.15, 0.2) is 64.5 Å². The Hall–Kier alpha value is -4.71. The van der Waals surface area contributed by atoms with Crippen LogP contribution >= 0.6 is 11.6 Å². The maximum atomic E-state index is 14.3. The van der Waals surface area contributed by atoms with E-state index in [1.807, 2.05) is 20.8 Å². The molecule has 5 rings (SSSR count). The number of piperazine rings is 1. The fourth-order valence-electron chi connectivity index (χ4n) is 5.01. The van der Waals surface area contributed by atoms with E-state index in [9.17, 15) is 19.2 Å². The molecule has 12 nitrogen and oxygen atoms in total. The monoisotopic (exact) mass is 607 g/mol. The third-order valence-corrected chi connectivity index (χ3v) is 7.06. The van der Waals surface area contributed by atoms with Crippen LogP contribution in [0.3, 0.4) is 0 Å². The first-order valence-corrected chi connectivity index (χ1v) is 13.9. The second-order valence-electron chi connectivity index (χ2n) is 11.1. The van der Waals surface area contributed by atoms with Crippen LogP contribution in [0.1, 0.15) is 66.5 Å². The van der Waals surface area contributed by atoms with E-state index in [1.165, 1.54) is 34.5 Å². The molecule has 2 aromatic carbocycles. The molecule has 2 aliphatic heterocycles. The Morgan fingerprint density at radius 3 is 2.53 bits per heavy atom. The van der Waals surface area contributed by atoms with Gasteiger partial charge >= 0.3 is 12.0 Å². The molecule has 1 aromatic heterocycles. The molecule has 0 bridgehead atoms. The lowest BCUT2D eigenvalue weighted by atomic mass is 9.98. The summed E-state index contributed by atoms with van der Waals surface area (Å²) >= 11 is 6.17. The number of urea groups is 1. The highest BCUT2D eigenvalue weighted by Crippen LogP contribution is 2.45. The third-order valence-electron chi connectivity index (χ3n) is 6.81. The first-order valence-electron chi connectivity index (χ1n) is 13.6. The fourth-order valence-corrected chi connectivity index (χ4v) is 5.13. The van der Waals surface area contributed by atoms with Crippen LogP contribution in [0.25, 0.3) is 0 Å². The van der Waals surface area contributed by atoms with Crippen molar-refractivity contribution in [2.75, 3.05) is 19.6 Å². The zero-order valence-electron chi connectivity index (χ0n) is 23.7. The smallest absolute Gasteiger partial charge is 0.326 e. The molecule has 224 valence electrons. The summed E-state index contributed by atoms with van der Waals surface area (Å²) in [7, 11) is 0. The minimum Gasteiger partial charge on any atom is -0.487 e. The lowest BCUT2D eigenvalue weighted by Gasteiger charge is -2.35. The minimum absolute atomic E-state index is 0.135. The lowest BCUT2D eigenvalue weighted by molar-refractivity contribution is -0.136. The number of nitrogens with zero attached hydrogens (tertiary/aromatic N) is 4. The summed E-state index contributed by atoms with van der Waals surface area (Å²) in [6.07, 6.45) is 2.08. The van der Waals surface area contributed by atoms with Crippen molar-refractivity contribution in [2.45, 2.75) is 44.9 Å². The Kier molecular flexibility index (Phi) is 8.23. The molecule has 2 aliphatic rings. The molecule has 3 aromatic rings. The second-order valence-corrected chi connectivity index (χ2v) is 11.6. The third kappa shape index (κ3) is 6.54. The number of aliphatic imine (C=N–C) groups is 1. The highest BCUT2D eigenvalue weighted by molar-refractivity contribution is 6.30. The van der Waals surface area contributed by atoms with Crippen molar-refractivity contribution >= 4 is 41.1 Å². The molecule has 2 atom stereocenters. The fraction of sp³-hybridized carbons (Fsp3) is 0.333. The number of rotatable bonds is 7. The van der Waals surface area contributed by atoms with Crippen molar-refractivity contribution in [3.8, 4) is 5.75 Å². The number of benzene rings is 2. The summed E-state index contributed by atoms with van der Waals surface area (Å²) in [5.41, 5.74) is 0.525. The van der Waals surface area contributed by atoms with E-state index < -0.39 is 41.9 Å². The van der Waals surface area contributed by atoms with Crippen molar-refractivity contribution in [3.63, 3.8) is 0 Å². The molecule has 2 unspecified atom stereocenters. The van der Waals surface area contributed by atoms with E-state index in [2.05, 4.69) is 10.3 Å². The van der Waals surface area contributed by atoms with Crippen LogP contribution < -0.4 is 10.1 Å². The Morgan fingerprint density at radius 1 is 1.16 bits per heavy atom. The number of nitrogens with one attached hydrogen (secondary N) is 1. The average Bonchev–Trinajstić information content (AvgIpc) is 3.60. The Morgan fingerprint density at radius 2 is 1.91 bits per heavy atom. The molecule has 1 fully saturated rings. The number of carboxylic acids is 1. The lowest BCUT2D eigenvalue weighted by Crippen LogP contribution is -2.55. The number of aromatic nitrogens is 1. The number of ether oxygens (including phenoxy) is 1. The summed E-state index contributed by atoms with van der Waals surface area (Å²) in [4.78, 5) is 62.5. The molecule has 0 aliphatic carbocycles. The van der Waals surface area contributed by atoms with Crippen LogP contribution in [0.4, 0.5) is 4.79 Å². The Bertz CT molecular complexity index is 1580. The number of oxazole rings is 1. The zero-order valence-corrected chi connectivity index (χ0v) is 24.5. The quantitative estimate of drug-likeness (QED) is 0.298. The maximum absolute atomic E-state index is 14.3. The van der Waals surface area contributed by atoms with E-state index in [4.69, 9.17) is 30.9 Å².